The summed E-state index contributed by atoms with van der Waals surface area (Å²) in [4.78, 5) is 0. The van der Waals surface area contributed by atoms with Crippen molar-refractivity contribution >= 4 is 11.0 Å². The summed E-state index contributed by atoms with van der Waals surface area (Å²) >= 11 is -1.44. The third-order valence-corrected chi connectivity index (χ3v) is 0. The first-order valence-corrected chi connectivity index (χ1v) is 1.27. The number of rotatable bonds is 0. The fourth-order valence-electron chi connectivity index (χ4n) is 0. The van der Waals surface area contributed by atoms with Gasteiger partial charge in [0.05, 0.1) is 0 Å². The van der Waals surface area contributed by atoms with Gasteiger partial charge in [-0.2, -0.15) is 0 Å². The van der Waals surface area contributed by atoms with Crippen LogP contribution < -0.4 is 0 Å². The summed E-state index contributed by atoms with van der Waals surface area (Å²) in [5.41, 5.74) is 0. The van der Waals surface area contributed by atoms with E-state index in [4.69, 9.17) is 7.67 Å². The molecule has 0 amide bonds. The van der Waals surface area contributed by atoms with Gasteiger partial charge in [-0.1, -0.05) is 0 Å². The largest absolute Gasteiger partial charge is 0.0149 e. The molecule has 2 nitrogen and oxygen atoms in total. The molecule has 0 heterocycles. The van der Waals surface area contributed by atoms with Gasteiger partial charge in [0, 0.05) is 0 Å². The normalized spacial score (nSPS) is 3.00. The standard InChI is InChI=1S/Mn.2O.H4Si/h;;;1H4. The Morgan fingerprint density at radius 2 is 1.25 bits per heavy atom. The van der Waals surface area contributed by atoms with Crippen molar-refractivity contribution in [2.75, 3.05) is 0 Å². The number of hydrogen-bond acceptors (Lipinski definition) is 2. The monoisotopic (exact) mass is 119 g/mol. The van der Waals surface area contributed by atoms with Crippen LogP contribution >= 0.6 is 0 Å². The third kappa shape index (κ3) is 36.9. The van der Waals surface area contributed by atoms with Crippen molar-refractivity contribution in [1.29, 1.82) is 0 Å². The molecule has 0 rings (SSSR count). The van der Waals surface area contributed by atoms with E-state index in [1.165, 1.54) is 0 Å². The molecule has 0 aliphatic carbocycles. The molecule has 0 bridgehead atoms. The van der Waals surface area contributed by atoms with E-state index in [0.29, 0.717) is 0 Å². The van der Waals surface area contributed by atoms with Crippen LogP contribution in [0.4, 0.5) is 0 Å². The van der Waals surface area contributed by atoms with Crippen molar-refractivity contribution in [3.8, 4) is 0 Å². The average molecular weight is 119 g/mol. The summed E-state index contributed by atoms with van der Waals surface area (Å²) in [6.07, 6.45) is 0. The zero-order valence-electron chi connectivity index (χ0n) is 1.19. The quantitative estimate of drug-likeness (QED) is 0.356. The summed E-state index contributed by atoms with van der Waals surface area (Å²) in [5.74, 6) is 0. The molecule has 0 fully saturated rings. The second kappa shape index (κ2) is 10.2. The minimum Gasteiger partial charge on any atom is -0.0149 e. The van der Waals surface area contributed by atoms with Crippen LogP contribution in [0.3, 0.4) is 0 Å². The van der Waals surface area contributed by atoms with E-state index in [1.807, 2.05) is 0 Å². The molecule has 0 spiro atoms. The van der Waals surface area contributed by atoms with Crippen molar-refractivity contribution in [3.63, 3.8) is 0 Å². The van der Waals surface area contributed by atoms with Crippen LogP contribution in [0, 0.1) is 0 Å². The van der Waals surface area contributed by atoms with Gasteiger partial charge in [-0.05, 0) is 11.0 Å². The fourth-order valence-corrected chi connectivity index (χ4v) is 0. The van der Waals surface area contributed by atoms with Crippen LogP contribution in [0.1, 0.15) is 0 Å². The maximum Gasteiger partial charge on any atom is -0.0149 e. The maximum atomic E-state index is 8.41. The van der Waals surface area contributed by atoms with Crippen molar-refractivity contribution in [2.24, 2.45) is 0 Å². The molecule has 0 aromatic heterocycles. The van der Waals surface area contributed by atoms with Crippen LogP contribution in [-0.2, 0) is 22.5 Å². The van der Waals surface area contributed by atoms with E-state index in [1.54, 1.807) is 0 Å². The Bertz CT molecular complexity index is 27.0. The third-order valence-electron chi connectivity index (χ3n) is 0. The molecule has 0 aromatic carbocycles. The summed E-state index contributed by atoms with van der Waals surface area (Å²) in [6, 6.07) is 0. The maximum absolute atomic E-state index is 8.41. The van der Waals surface area contributed by atoms with Gasteiger partial charge in [0.2, 0.25) is 0 Å². The predicted octanol–water partition coefficient (Wildman–Crippen LogP) is -1.69. The average Bonchev–Trinajstić information content (AvgIpc) is 0.918. The molecule has 4 heavy (non-hydrogen) atoms. The van der Waals surface area contributed by atoms with Gasteiger partial charge in [0.15, 0.2) is 0 Å². The first-order valence-electron chi connectivity index (χ1n) is 0.309. The second-order valence-electron chi connectivity index (χ2n) is 0.0630. The molecule has 0 aromatic rings. The molecular weight excluding hydrogens is 115 g/mol. The summed E-state index contributed by atoms with van der Waals surface area (Å²) in [6.45, 7) is 0. The van der Waals surface area contributed by atoms with Gasteiger partial charge in [0.25, 0.3) is 0 Å². The summed E-state index contributed by atoms with van der Waals surface area (Å²) < 4.78 is 16.8. The topological polar surface area (TPSA) is 34.1 Å². The van der Waals surface area contributed by atoms with Crippen molar-refractivity contribution in [2.45, 2.75) is 0 Å². The Morgan fingerprint density at radius 1 is 1.25 bits per heavy atom. The van der Waals surface area contributed by atoms with E-state index in [0.717, 1.165) is 0 Å². The molecule has 0 saturated heterocycles. The Labute approximate surface area is 34.2 Å². The molecule has 27 valence electrons. The van der Waals surface area contributed by atoms with Crippen molar-refractivity contribution in [3.05, 3.63) is 0 Å². The zero-order chi connectivity index (χ0) is 2.71. The van der Waals surface area contributed by atoms with E-state index in [2.05, 4.69) is 0 Å². The minimum atomic E-state index is -1.44. The zero-order valence-corrected chi connectivity index (χ0v) is 2.37. The Balaban J connectivity index is 0. The molecule has 0 radical (unpaired) electrons. The van der Waals surface area contributed by atoms with Crippen LogP contribution in [0.2, 0.25) is 0 Å². The summed E-state index contributed by atoms with van der Waals surface area (Å²) in [7, 11) is 0. The molecule has 0 N–H and O–H groups in total. The van der Waals surface area contributed by atoms with Crippen LogP contribution in [0.15, 0.2) is 0 Å². The predicted molar refractivity (Wildman–Crippen MR) is 12.7 cm³/mol. The molecule has 4 heteroatoms. The van der Waals surface area contributed by atoms with Gasteiger partial charge < -0.3 is 0 Å². The van der Waals surface area contributed by atoms with Crippen molar-refractivity contribution in [1.82, 2.24) is 0 Å². The minimum absolute atomic E-state index is 0. The van der Waals surface area contributed by atoms with Gasteiger partial charge in [0.1, 0.15) is 0 Å². The van der Waals surface area contributed by atoms with Crippen molar-refractivity contribution < 1.29 is 22.5 Å². The van der Waals surface area contributed by atoms with E-state index >= 15 is 0 Å². The Morgan fingerprint density at radius 3 is 1.25 bits per heavy atom. The van der Waals surface area contributed by atoms with E-state index in [-0.39, 0.29) is 11.0 Å². The van der Waals surface area contributed by atoms with Gasteiger partial charge in [-0.3, -0.25) is 0 Å². The Hall–Kier alpha value is 0.336. The molecule has 0 atom stereocenters. The molecule has 0 aliphatic heterocycles. The Kier molecular flexibility index (Phi) is 22.5. The fraction of sp³-hybridized carbons (Fsp3) is 0. The first kappa shape index (κ1) is 8.84. The van der Waals surface area contributed by atoms with Gasteiger partial charge in [-0.25, -0.2) is 0 Å². The van der Waals surface area contributed by atoms with Crippen LogP contribution in [-0.4, -0.2) is 11.0 Å². The first-order chi connectivity index (χ1) is 1.41. The SMILES string of the molecule is [O]=[Mn]=[O].[SiH4]. The van der Waals surface area contributed by atoms with Crippen LogP contribution in [0.25, 0.3) is 0 Å². The van der Waals surface area contributed by atoms with Gasteiger partial charge >= 0.3 is 22.5 Å². The number of hydrogen-bond donors (Lipinski definition) is 0. The molecule has 0 unspecified atom stereocenters. The van der Waals surface area contributed by atoms with E-state index in [9.17, 15) is 0 Å². The second-order valence-corrected chi connectivity index (χ2v) is 0.260. The molecule has 0 saturated carbocycles. The summed E-state index contributed by atoms with van der Waals surface area (Å²) in [5, 5.41) is 0. The molecular formula is H4MnO2Si. The molecule has 0 aliphatic rings. The van der Waals surface area contributed by atoms with Crippen LogP contribution in [0.5, 0.6) is 0 Å². The smallest absolute Gasteiger partial charge is 0.0149 e. The van der Waals surface area contributed by atoms with Gasteiger partial charge in [-0.15, -0.1) is 0 Å². The van der Waals surface area contributed by atoms with E-state index < -0.39 is 14.8 Å².